The second-order valence-electron chi connectivity index (χ2n) is 7.38. The van der Waals surface area contributed by atoms with Crippen molar-refractivity contribution >= 4 is 32.5 Å². The van der Waals surface area contributed by atoms with Crippen molar-refractivity contribution in [2.45, 2.75) is 38.3 Å². The van der Waals surface area contributed by atoms with Gasteiger partial charge >= 0.3 is 0 Å². The number of carbonyl (C=O) groups is 1. The van der Waals surface area contributed by atoms with Gasteiger partial charge in [0.15, 0.2) is 0 Å². The number of sulfonamides is 1. The maximum Gasteiger partial charge on any atom is 0.242 e. The van der Waals surface area contributed by atoms with Crippen molar-refractivity contribution in [3.8, 4) is 5.75 Å². The molecule has 0 unspecified atom stereocenters. The summed E-state index contributed by atoms with van der Waals surface area (Å²) in [6, 6.07) is 12.7. The van der Waals surface area contributed by atoms with Gasteiger partial charge in [-0.1, -0.05) is 13.8 Å². The molecule has 1 atom stereocenters. The fourth-order valence-corrected chi connectivity index (χ4v) is 4.60. The van der Waals surface area contributed by atoms with Crippen molar-refractivity contribution in [2.75, 3.05) is 12.4 Å². The Morgan fingerprint density at radius 1 is 1.10 bits per heavy atom. The van der Waals surface area contributed by atoms with Gasteiger partial charge < -0.3 is 14.6 Å². The highest BCUT2D eigenvalue weighted by molar-refractivity contribution is 7.89. The van der Waals surface area contributed by atoms with Gasteiger partial charge in [0.25, 0.3) is 0 Å². The van der Waals surface area contributed by atoms with E-state index < -0.39 is 22.0 Å². The maximum atomic E-state index is 12.9. The number of hydrogen-bond donors (Lipinski definition) is 2. The van der Waals surface area contributed by atoms with Gasteiger partial charge in [-0.2, -0.15) is 4.72 Å². The number of aryl methyl sites for hydroxylation is 1. The van der Waals surface area contributed by atoms with E-state index in [4.69, 9.17) is 4.74 Å². The lowest BCUT2D eigenvalue weighted by Crippen LogP contribution is -2.47. The Balaban J connectivity index is 1.79. The van der Waals surface area contributed by atoms with Crippen molar-refractivity contribution in [3.63, 3.8) is 0 Å². The van der Waals surface area contributed by atoms with Gasteiger partial charge in [-0.05, 0) is 61.4 Å². The number of hydrogen-bond acceptors (Lipinski definition) is 4. The van der Waals surface area contributed by atoms with Gasteiger partial charge in [0.1, 0.15) is 11.8 Å². The zero-order valence-corrected chi connectivity index (χ0v) is 18.4. The monoisotopic (exact) mass is 429 g/mol. The van der Waals surface area contributed by atoms with Crippen LogP contribution in [0.4, 0.5) is 5.69 Å². The third-order valence-electron chi connectivity index (χ3n) is 4.98. The van der Waals surface area contributed by atoms with Crippen molar-refractivity contribution in [1.29, 1.82) is 0 Å². The summed E-state index contributed by atoms with van der Waals surface area (Å²) in [7, 11) is -2.36. The highest BCUT2D eigenvalue weighted by Crippen LogP contribution is 2.22. The SMILES string of the molecule is CCn1ccc2cc(NC(=O)[C@@H](NS(=O)(=O)c3ccc(OC)cc3)C(C)C)ccc21. The number of nitrogens with one attached hydrogen (secondary N) is 2. The summed E-state index contributed by atoms with van der Waals surface area (Å²) in [4.78, 5) is 13.0. The number of fused-ring (bicyclic) bond motifs is 1. The molecule has 1 aromatic heterocycles. The van der Waals surface area contributed by atoms with Crippen molar-refractivity contribution in [1.82, 2.24) is 9.29 Å². The smallest absolute Gasteiger partial charge is 0.242 e. The summed E-state index contributed by atoms with van der Waals surface area (Å²) in [5, 5.41) is 3.85. The molecule has 0 saturated heterocycles. The zero-order chi connectivity index (χ0) is 21.9. The molecule has 2 N–H and O–H groups in total. The molecule has 0 aliphatic rings. The number of carbonyl (C=O) groups excluding carboxylic acids is 1. The van der Waals surface area contributed by atoms with Crippen LogP contribution in [0.1, 0.15) is 20.8 Å². The van der Waals surface area contributed by atoms with Gasteiger partial charge in [-0.15, -0.1) is 0 Å². The summed E-state index contributed by atoms with van der Waals surface area (Å²) in [5.74, 6) is -0.0984. The number of rotatable bonds is 8. The first kappa shape index (κ1) is 21.9. The summed E-state index contributed by atoms with van der Waals surface area (Å²) >= 11 is 0. The highest BCUT2D eigenvalue weighted by Gasteiger charge is 2.28. The highest BCUT2D eigenvalue weighted by atomic mass is 32.2. The van der Waals surface area contributed by atoms with Crippen molar-refractivity contribution in [2.24, 2.45) is 5.92 Å². The number of amides is 1. The van der Waals surface area contributed by atoms with Gasteiger partial charge in [-0.3, -0.25) is 4.79 Å². The third-order valence-corrected chi connectivity index (χ3v) is 6.44. The van der Waals surface area contributed by atoms with Crippen LogP contribution in [-0.4, -0.2) is 32.0 Å². The average molecular weight is 430 g/mol. The number of benzene rings is 2. The number of aromatic nitrogens is 1. The minimum atomic E-state index is -3.87. The molecular formula is C22H27N3O4S. The Morgan fingerprint density at radius 2 is 1.80 bits per heavy atom. The Morgan fingerprint density at radius 3 is 2.40 bits per heavy atom. The molecule has 0 bridgehead atoms. The fraction of sp³-hybridized carbons (Fsp3) is 0.318. The topological polar surface area (TPSA) is 89.4 Å². The van der Waals surface area contributed by atoms with Crippen LogP contribution in [-0.2, 0) is 21.4 Å². The first-order chi connectivity index (χ1) is 14.2. The molecule has 8 heteroatoms. The van der Waals surface area contributed by atoms with E-state index in [2.05, 4.69) is 21.5 Å². The van der Waals surface area contributed by atoms with E-state index in [9.17, 15) is 13.2 Å². The van der Waals surface area contributed by atoms with Gasteiger partial charge in [-0.25, -0.2) is 8.42 Å². The van der Waals surface area contributed by atoms with Crippen LogP contribution in [0.25, 0.3) is 10.9 Å². The lowest BCUT2D eigenvalue weighted by atomic mass is 10.0. The number of methoxy groups -OCH3 is 1. The largest absolute Gasteiger partial charge is 0.497 e. The molecule has 160 valence electrons. The van der Waals surface area contributed by atoms with E-state index in [0.29, 0.717) is 11.4 Å². The van der Waals surface area contributed by atoms with E-state index in [0.717, 1.165) is 17.4 Å². The summed E-state index contributed by atoms with van der Waals surface area (Å²) in [6.45, 7) is 6.52. The minimum absolute atomic E-state index is 0.0732. The predicted molar refractivity (Wildman–Crippen MR) is 118 cm³/mol. The molecule has 0 spiro atoms. The molecule has 3 rings (SSSR count). The van der Waals surface area contributed by atoms with Crippen LogP contribution in [0.15, 0.2) is 59.6 Å². The van der Waals surface area contributed by atoms with E-state index in [1.54, 1.807) is 26.0 Å². The Hall–Kier alpha value is -2.84. The van der Waals surface area contributed by atoms with Crippen LogP contribution in [0.5, 0.6) is 5.75 Å². The Labute approximate surface area is 177 Å². The number of ether oxygens (including phenoxy) is 1. The van der Waals surface area contributed by atoms with Crippen LogP contribution in [0.2, 0.25) is 0 Å². The standard InChI is InChI=1S/C22H27N3O4S/c1-5-25-13-12-16-14-17(6-11-20(16)25)23-22(26)21(15(2)3)24-30(27,28)19-9-7-18(29-4)8-10-19/h6-15,21,24H,5H2,1-4H3,(H,23,26)/t21-/m0/s1. The van der Waals surface area contributed by atoms with Gasteiger partial charge in [0.05, 0.1) is 12.0 Å². The van der Waals surface area contributed by atoms with E-state index in [-0.39, 0.29) is 10.8 Å². The Bertz CT molecular complexity index is 1130. The molecule has 0 radical (unpaired) electrons. The molecule has 1 amide bonds. The molecule has 3 aromatic rings. The van der Waals surface area contributed by atoms with Crippen LogP contribution < -0.4 is 14.8 Å². The fourth-order valence-electron chi connectivity index (χ4n) is 3.26. The third kappa shape index (κ3) is 4.66. The van der Waals surface area contributed by atoms with E-state index in [1.807, 2.05) is 30.5 Å². The van der Waals surface area contributed by atoms with Crippen LogP contribution in [0.3, 0.4) is 0 Å². The molecular weight excluding hydrogens is 402 g/mol. The lowest BCUT2D eigenvalue weighted by Gasteiger charge is -2.22. The number of anilines is 1. The molecule has 30 heavy (non-hydrogen) atoms. The van der Waals surface area contributed by atoms with Gasteiger partial charge in [0.2, 0.25) is 15.9 Å². The quantitative estimate of drug-likeness (QED) is 0.572. The van der Waals surface area contributed by atoms with E-state index in [1.165, 1.54) is 19.2 Å². The van der Waals surface area contributed by atoms with Crippen molar-refractivity contribution in [3.05, 3.63) is 54.7 Å². The zero-order valence-electron chi connectivity index (χ0n) is 17.5. The molecule has 0 aliphatic heterocycles. The molecule has 7 nitrogen and oxygen atoms in total. The van der Waals surface area contributed by atoms with Gasteiger partial charge in [0, 0.05) is 29.3 Å². The van der Waals surface area contributed by atoms with Crippen molar-refractivity contribution < 1.29 is 17.9 Å². The molecule has 0 fully saturated rings. The predicted octanol–water partition coefficient (Wildman–Crippen LogP) is 3.61. The molecule has 0 aliphatic carbocycles. The minimum Gasteiger partial charge on any atom is -0.497 e. The van der Waals surface area contributed by atoms with Crippen LogP contribution >= 0.6 is 0 Å². The normalized spacial score (nSPS) is 12.8. The second-order valence-corrected chi connectivity index (χ2v) is 9.10. The molecule has 1 heterocycles. The molecule has 0 saturated carbocycles. The first-order valence-electron chi connectivity index (χ1n) is 9.81. The summed E-state index contributed by atoms with van der Waals surface area (Å²) < 4.78 is 35.3. The van der Waals surface area contributed by atoms with E-state index >= 15 is 0 Å². The second kappa shape index (κ2) is 8.89. The average Bonchev–Trinajstić information content (AvgIpc) is 3.14. The summed E-state index contributed by atoms with van der Waals surface area (Å²) in [6.07, 6.45) is 2.00. The van der Waals surface area contributed by atoms with Crippen LogP contribution in [0, 0.1) is 5.92 Å². The Kier molecular flexibility index (Phi) is 6.48. The summed E-state index contributed by atoms with van der Waals surface area (Å²) in [5.41, 5.74) is 1.70. The number of nitrogens with zero attached hydrogens (tertiary/aromatic N) is 1. The maximum absolute atomic E-state index is 12.9. The lowest BCUT2D eigenvalue weighted by molar-refractivity contribution is -0.118. The first-order valence-corrected chi connectivity index (χ1v) is 11.3. The molecule has 2 aromatic carbocycles.